The van der Waals surface area contributed by atoms with E-state index in [9.17, 15) is 23.3 Å². The number of nitrogens with zero attached hydrogens (tertiary/aromatic N) is 2. The topological polar surface area (TPSA) is 122 Å². The summed E-state index contributed by atoms with van der Waals surface area (Å²) in [6.45, 7) is 5.68. The van der Waals surface area contributed by atoms with Gasteiger partial charge in [-0.1, -0.05) is 26.0 Å². The Morgan fingerprint density at radius 3 is 2.41 bits per heavy atom. The largest absolute Gasteiger partial charge is 0.376 e. The van der Waals surface area contributed by atoms with E-state index in [-0.39, 0.29) is 17.1 Å². The first-order valence-corrected chi connectivity index (χ1v) is 10.5. The van der Waals surface area contributed by atoms with Crippen molar-refractivity contribution in [1.29, 1.82) is 0 Å². The van der Waals surface area contributed by atoms with Gasteiger partial charge in [0.05, 0.1) is 16.4 Å². The summed E-state index contributed by atoms with van der Waals surface area (Å²) >= 11 is 0. The average Bonchev–Trinajstić information content (AvgIpc) is 2.68. The quantitative estimate of drug-likeness (QED) is 0.475. The van der Waals surface area contributed by atoms with Crippen molar-refractivity contribution in [2.75, 3.05) is 30.3 Å². The molecule has 0 spiro atoms. The lowest BCUT2D eigenvalue weighted by molar-refractivity contribution is -0.385. The molecule has 156 valence electrons. The lowest BCUT2D eigenvalue weighted by Crippen LogP contribution is -2.30. The molecule has 2 N–H and O–H groups in total. The van der Waals surface area contributed by atoms with Gasteiger partial charge in [-0.3, -0.25) is 14.9 Å². The number of nitrogens with one attached hydrogen (secondary N) is 2. The standard InChI is InChI=1S/C19H24N4O5S/c1-4-22(5-2)29(27,28)16-9-6-8-15(12-16)21-19(24)13-20-17-10-7-11-18(14(17)3)23(25)26/h6-12,20H,4-5,13H2,1-3H3,(H,21,24). The zero-order valence-electron chi connectivity index (χ0n) is 16.5. The lowest BCUT2D eigenvalue weighted by atomic mass is 10.1. The van der Waals surface area contributed by atoms with Gasteiger partial charge in [-0.15, -0.1) is 0 Å². The van der Waals surface area contributed by atoms with Crippen LogP contribution in [-0.2, 0) is 14.8 Å². The first-order chi connectivity index (χ1) is 13.7. The predicted octanol–water partition coefficient (Wildman–Crippen LogP) is 2.98. The fraction of sp³-hybridized carbons (Fsp3) is 0.316. The molecule has 0 saturated carbocycles. The van der Waals surface area contributed by atoms with Gasteiger partial charge in [-0.25, -0.2) is 8.42 Å². The SMILES string of the molecule is CCN(CC)S(=O)(=O)c1cccc(NC(=O)CNc2cccc([N+](=O)[O-])c2C)c1. The molecule has 2 rings (SSSR count). The van der Waals surface area contributed by atoms with Crippen molar-refractivity contribution in [1.82, 2.24) is 4.31 Å². The highest BCUT2D eigenvalue weighted by Crippen LogP contribution is 2.25. The Hall–Kier alpha value is -2.98. The van der Waals surface area contributed by atoms with Crippen LogP contribution in [0.4, 0.5) is 17.1 Å². The molecule has 0 unspecified atom stereocenters. The number of nitro benzene ring substituents is 1. The Bertz CT molecular complexity index is 1000. The minimum atomic E-state index is -3.63. The maximum atomic E-state index is 12.6. The van der Waals surface area contributed by atoms with Crippen molar-refractivity contribution < 1.29 is 18.1 Å². The highest BCUT2D eigenvalue weighted by Gasteiger charge is 2.22. The van der Waals surface area contributed by atoms with Crippen molar-refractivity contribution in [3.8, 4) is 0 Å². The first-order valence-electron chi connectivity index (χ1n) is 9.08. The van der Waals surface area contributed by atoms with Gasteiger partial charge in [0.25, 0.3) is 5.69 Å². The van der Waals surface area contributed by atoms with Crippen LogP contribution in [-0.4, -0.2) is 43.2 Å². The molecule has 0 aliphatic carbocycles. The highest BCUT2D eigenvalue weighted by atomic mass is 32.2. The van der Waals surface area contributed by atoms with Crippen LogP contribution in [0.2, 0.25) is 0 Å². The monoisotopic (exact) mass is 420 g/mol. The van der Waals surface area contributed by atoms with Gasteiger partial charge in [0, 0.05) is 36.1 Å². The molecule has 0 atom stereocenters. The van der Waals surface area contributed by atoms with Gasteiger partial charge in [-0.05, 0) is 31.2 Å². The molecule has 10 heteroatoms. The molecule has 9 nitrogen and oxygen atoms in total. The van der Waals surface area contributed by atoms with Crippen LogP contribution >= 0.6 is 0 Å². The Labute approximate surface area is 169 Å². The van der Waals surface area contributed by atoms with E-state index < -0.39 is 20.9 Å². The van der Waals surface area contributed by atoms with E-state index in [2.05, 4.69) is 10.6 Å². The Kier molecular flexibility index (Phi) is 7.29. The third-order valence-corrected chi connectivity index (χ3v) is 6.45. The molecule has 0 bridgehead atoms. The molecule has 0 aliphatic rings. The number of sulfonamides is 1. The molecule has 2 aromatic carbocycles. The molecular weight excluding hydrogens is 396 g/mol. The number of rotatable bonds is 9. The van der Waals surface area contributed by atoms with Gasteiger partial charge in [0.1, 0.15) is 0 Å². The summed E-state index contributed by atoms with van der Waals surface area (Å²) in [5.41, 5.74) is 1.22. The predicted molar refractivity (Wildman–Crippen MR) is 112 cm³/mol. The van der Waals surface area contributed by atoms with Crippen LogP contribution in [0.15, 0.2) is 47.4 Å². The van der Waals surface area contributed by atoms with Crippen molar-refractivity contribution >= 4 is 33.0 Å². The minimum absolute atomic E-state index is 0.0373. The van der Waals surface area contributed by atoms with E-state index in [4.69, 9.17) is 0 Å². The molecular formula is C19H24N4O5S. The van der Waals surface area contributed by atoms with Gasteiger partial charge in [0.2, 0.25) is 15.9 Å². The molecule has 0 saturated heterocycles. The van der Waals surface area contributed by atoms with Crippen LogP contribution in [0.5, 0.6) is 0 Å². The summed E-state index contributed by atoms with van der Waals surface area (Å²) in [6.07, 6.45) is 0. The van der Waals surface area contributed by atoms with Crippen LogP contribution in [0.3, 0.4) is 0 Å². The van der Waals surface area contributed by atoms with Gasteiger partial charge >= 0.3 is 0 Å². The maximum absolute atomic E-state index is 12.6. The van der Waals surface area contributed by atoms with Crippen LogP contribution in [0.25, 0.3) is 0 Å². The van der Waals surface area contributed by atoms with Gasteiger partial charge in [-0.2, -0.15) is 4.31 Å². The van der Waals surface area contributed by atoms with Crippen molar-refractivity contribution in [3.63, 3.8) is 0 Å². The number of benzene rings is 2. The second-order valence-corrected chi connectivity index (χ2v) is 8.16. The first kappa shape index (κ1) is 22.3. The zero-order chi connectivity index (χ0) is 21.6. The molecule has 2 aromatic rings. The molecule has 0 aromatic heterocycles. The van der Waals surface area contributed by atoms with Crippen molar-refractivity contribution in [3.05, 3.63) is 58.1 Å². The van der Waals surface area contributed by atoms with Gasteiger partial charge in [0.15, 0.2) is 0 Å². The fourth-order valence-electron chi connectivity index (χ4n) is 2.84. The number of amides is 1. The second kappa shape index (κ2) is 9.48. The van der Waals surface area contributed by atoms with E-state index in [1.165, 1.54) is 28.6 Å². The van der Waals surface area contributed by atoms with E-state index in [0.29, 0.717) is 30.0 Å². The number of hydrogen-bond donors (Lipinski definition) is 2. The lowest BCUT2D eigenvalue weighted by Gasteiger charge is -2.19. The van der Waals surface area contributed by atoms with Crippen molar-refractivity contribution in [2.24, 2.45) is 0 Å². The van der Waals surface area contributed by atoms with E-state index in [1.54, 1.807) is 39.0 Å². The normalized spacial score (nSPS) is 11.3. The Morgan fingerprint density at radius 1 is 1.14 bits per heavy atom. The van der Waals surface area contributed by atoms with E-state index in [1.807, 2.05) is 0 Å². The minimum Gasteiger partial charge on any atom is -0.376 e. The van der Waals surface area contributed by atoms with E-state index >= 15 is 0 Å². The molecule has 1 amide bonds. The average molecular weight is 420 g/mol. The Morgan fingerprint density at radius 2 is 1.79 bits per heavy atom. The summed E-state index contributed by atoms with van der Waals surface area (Å²) in [5.74, 6) is -0.409. The number of carbonyl (C=O) groups excluding carboxylic acids is 1. The molecule has 0 fully saturated rings. The summed E-state index contributed by atoms with van der Waals surface area (Å²) < 4.78 is 26.6. The smallest absolute Gasteiger partial charge is 0.274 e. The number of anilines is 2. The van der Waals surface area contributed by atoms with Crippen LogP contribution < -0.4 is 10.6 Å². The van der Waals surface area contributed by atoms with E-state index in [0.717, 1.165) is 0 Å². The van der Waals surface area contributed by atoms with Crippen LogP contribution in [0.1, 0.15) is 19.4 Å². The summed E-state index contributed by atoms with van der Waals surface area (Å²) in [7, 11) is -3.63. The summed E-state index contributed by atoms with van der Waals surface area (Å²) in [4.78, 5) is 22.9. The zero-order valence-corrected chi connectivity index (χ0v) is 17.3. The maximum Gasteiger partial charge on any atom is 0.274 e. The molecule has 29 heavy (non-hydrogen) atoms. The molecule has 0 radical (unpaired) electrons. The van der Waals surface area contributed by atoms with Crippen molar-refractivity contribution in [2.45, 2.75) is 25.7 Å². The molecule has 0 aliphatic heterocycles. The highest BCUT2D eigenvalue weighted by molar-refractivity contribution is 7.89. The van der Waals surface area contributed by atoms with Gasteiger partial charge < -0.3 is 10.6 Å². The summed E-state index contributed by atoms with van der Waals surface area (Å²) in [6, 6.07) is 10.6. The Balaban J connectivity index is 2.09. The number of hydrogen-bond acceptors (Lipinski definition) is 6. The number of nitro groups is 1. The van der Waals surface area contributed by atoms with Crippen LogP contribution in [0, 0.1) is 17.0 Å². The fourth-order valence-corrected chi connectivity index (χ4v) is 4.34. The molecule has 0 heterocycles. The third kappa shape index (κ3) is 5.30. The second-order valence-electron chi connectivity index (χ2n) is 6.23. The summed E-state index contributed by atoms with van der Waals surface area (Å²) in [5, 5.41) is 16.5. The third-order valence-electron chi connectivity index (χ3n) is 4.40. The number of carbonyl (C=O) groups is 1.